The van der Waals surface area contributed by atoms with E-state index in [9.17, 15) is 0 Å². The summed E-state index contributed by atoms with van der Waals surface area (Å²) in [5.41, 5.74) is 1.15. The van der Waals surface area contributed by atoms with Gasteiger partial charge in [0.1, 0.15) is 5.75 Å². The molecule has 1 N–H and O–H groups in total. The van der Waals surface area contributed by atoms with Gasteiger partial charge in [-0.1, -0.05) is 19.1 Å². The van der Waals surface area contributed by atoms with Crippen molar-refractivity contribution in [1.82, 2.24) is 15.2 Å². The summed E-state index contributed by atoms with van der Waals surface area (Å²) in [6.45, 7) is 3.95. The molecular formula is C18H25N5O. The Kier molecular flexibility index (Phi) is 5.46. The second-order valence-electron chi connectivity index (χ2n) is 6.09. The number of aromatic nitrogens is 3. The summed E-state index contributed by atoms with van der Waals surface area (Å²) < 4.78 is 5.17. The molecule has 1 aliphatic heterocycles. The Balaban J connectivity index is 1.66. The lowest BCUT2D eigenvalue weighted by Gasteiger charge is -2.35. The number of hydrogen-bond donors (Lipinski definition) is 1. The molecule has 0 radical (unpaired) electrons. The van der Waals surface area contributed by atoms with Crippen LogP contribution in [-0.4, -0.2) is 34.9 Å². The smallest absolute Gasteiger partial charge is 0.244 e. The number of rotatable bonds is 6. The molecule has 1 unspecified atom stereocenters. The lowest BCUT2D eigenvalue weighted by molar-refractivity contribution is 0.414. The summed E-state index contributed by atoms with van der Waals surface area (Å²) in [5, 5.41) is 11.5. The first-order valence-corrected chi connectivity index (χ1v) is 8.63. The highest BCUT2D eigenvalue weighted by Gasteiger charge is 2.22. The van der Waals surface area contributed by atoms with Crippen LogP contribution in [0.25, 0.3) is 0 Å². The van der Waals surface area contributed by atoms with Crippen LogP contribution in [0.3, 0.4) is 0 Å². The van der Waals surface area contributed by atoms with E-state index in [1.165, 1.54) is 19.3 Å². The largest absolute Gasteiger partial charge is 0.497 e. The van der Waals surface area contributed by atoms with Gasteiger partial charge in [-0.25, -0.2) is 0 Å². The van der Waals surface area contributed by atoms with Crippen LogP contribution in [0.15, 0.2) is 30.5 Å². The topological polar surface area (TPSA) is 63.2 Å². The van der Waals surface area contributed by atoms with E-state index >= 15 is 0 Å². The molecule has 128 valence electrons. The van der Waals surface area contributed by atoms with Gasteiger partial charge < -0.3 is 15.0 Å². The van der Waals surface area contributed by atoms with Gasteiger partial charge in [0, 0.05) is 19.1 Å². The molecule has 0 spiro atoms. The summed E-state index contributed by atoms with van der Waals surface area (Å²) >= 11 is 0. The van der Waals surface area contributed by atoms with Gasteiger partial charge in [-0.2, -0.15) is 10.1 Å². The highest BCUT2D eigenvalue weighted by Crippen LogP contribution is 2.24. The Morgan fingerprint density at radius 1 is 1.25 bits per heavy atom. The zero-order valence-electron chi connectivity index (χ0n) is 14.4. The Morgan fingerprint density at radius 2 is 2.08 bits per heavy atom. The number of nitrogens with one attached hydrogen (secondary N) is 1. The van der Waals surface area contributed by atoms with Crippen molar-refractivity contribution in [1.29, 1.82) is 0 Å². The van der Waals surface area contributed by atoms with E-state index < -0.39 is 0 Å². The Labute approximate surface area is 143 Å². The van der Waals surface area contributed by atoms with Crippen molar-refractivity contribution in [2.75, 3.05) is 23.9 Å². The highest BCUT2D eigenvalue weighted by atomic mass is 16.5. The monoisotopic (exact) mass is 327 g/mol. The first-order chi connectivity index (χ1) is 11.8. The number of ether oxygens (including phenoxy) is 1. The van der Waals surface area contributed by atoms with Crippen LogP contribution in [0.1, 0.15) is 38.2 Å². The summed E-state index contributed by atoms with van der Waals surface area (Å²) in [7, 11) is 1.67. The molecule has 1 fully saturated rings. The fraction of sp³-hybridized carbons (Fsp3) is 0.500. The van der Waals surface area contributed by atoms with E-state index in [0.717, 1.165) is 30.1 Å². The standard InChI is InChI=1S/C18H25N5O/c1-3-15-6-4-5-11-23(15)17-13-20-22-18(21-17)19-12-14-7-9-16(24-2)10-8-14/h7-10,13,15H,3-6,11-12H2,1-2H3,(H,19,21,22). The minimum atomic E-state index is 0.560. The first-order valence-electron chi connectivity index (χ1n) is 8.63. The minimum absolute atomic E-state index is 0.560. The van der Waals surface area contributed by atoms with E-state index in [2.05, 4.69) is 32.3 Å². The van der Waals surface area contributed by atoms with Crippen molar-refractivity contribution in [3.63, 3.8) is 0 Å². The molecule has 1 aromatic carbocycles. The van der Waals surface area contributed by atoms with Gasteiger partial charge in [-0.15, -0.1) is 5.10 Å². The third-order valence-electron chi connectivity index (χ3n) is 4.55. The van der Waals surface area contributed by atoms with Crippen LogP contribution >= 0.6 is 0 Å². The molecule has 24 heavy (non-hydrogen) atoms. The zero-order valence-corrected chi connectivity index (χ0v) is 14.4. The van der Waals surface area contributed by atoms with Crippen LogP contribution in [0.4, 0.5) is 11.8 Å². The molecule has 2 aromatic rings. The van der Waals surface area contributed by atoms with Crippen molar-refractivity contribution >= 4 is 11.8 Å². The molecule has 0 bridgehead atoms. The van der Waals surface area contributed by atoms with Crippen LogP contribution in [-0.2, 0) is 6.54 Å². The van der Waals surface area contributed by atoms with Gasteiger partial charge in [-0.05, 0) is 43.4 Å². The highest BCUT2D eigenvalue weighted by molar-refractivity contribution is 5.42. The minimum Gasteiger partial charge on any atom is -0.497 e. The molecule has 1 atom stereocenters. The molecule has 0 amide bonds. The van der Waals surface area contributed by atoms with Crippen LogP contribution in [0, 0.1) is 0 Å². The van der Waals surface area contributed by atoms with E-state index in [1.54, 1.807) is 13.3 Å². The van der Waals surface area contributed by atoms with Gasteiger partial charge in [0.2, 0.25) is 5.95 Å². The summed E-state index contributed by atoms with van der Waals surface area (Å²) in [6, 6.07) is 8.52. The van der Waals surface area contributed by atoms with Gasteiger partial charge in [-0.3, -0.25) is 0 Å². The first kappa shape index (κ1) is 16.5. The van der Waals surface area contributed by atoms with Crippen LogP contribution in [0.5, 0.6) is 5.75 Å². The second kappa shape index (κ2) is 7.95. The van der Waals surface area contributed by atoms with Crippen molar-refractivity contribution < 1.29 is 4.74 Å². The number of piperidine rings is 1. The van der Waals surface area contributed by atoms with Crippen LogP contribution in [0.2, 0.25) is 0 Å². The summed E-state index contributed by atoms with van der Waals surface area (Å²) in [5.74, 6) is 2.35. The van der Waals surface area contributed by atoms with E-state index in [-0.39, 0.29) is 0 Å². The zero-order chi connectivity index (χ0) is 16.8. The fourth-order valence-corrected chi connectivity index (χ4v) is 3.16. The van der Waals surface area contributed by atoms with E-state index in [0.29, 0.717) is 18.5 Å². The summed E-state index contributed by atoms with van der Waals surface area (Å²) in [6.07, 6.45) is 6.66. The van der Waals surface area contributed by atoms with Crippen molar-refractivity contribution in [3.05, 3.63) is 36.0 Å². The van der Waals surface area contributed by atoms with E-state index in [4.69, 9.17) is 4.74 Å². The molecule has 6 heteroatoms. The third kappa shape index (κ3) is 3.93. The maximum Gasteiger partial charge on any atom is 0.244 e. The van der Waals surface area contributed by atoms with Crippen molar-refractivity contribution in [3.8, 4) is 5.75 Å². The molecule has 0 aliphatic carbocycles. The maximum absolute atomic E-state index is 5.17. The molecule has 1 aliphatic rings. The average molecular weight is 327 g/mol. The number of anilines is 2. The van der Waals surface area contributed by atoms with Crippen molar-refractivity contribution in [2.24, 2.45) is 0 Å². The van der Waals surface area contributed by atoms with Gasteiger partial charge in [0.15, 0.2) is 5.82 Å². The predicted octanol–water partition coefficient (Wildman–Crippen LogP) is 3.26. The SMILES string of the molecule is CCC1CCCCN1c1cnnc(NCc2ccc(OC)cc2)n1. The molecule has 1 aromatic heterocycles. The predicted molar refractivity (Wildman–Crippen MR) is 95.4 cm³/mol. The van der Waals surface area contributed by atoms with Gasteiger partial charge in [0.25, 0.3) is 0 Å². The normalized spacial score (nSPS) is 17.6. The molecular weight excluding hydrogens is 302 g/mol. The fourth-order valence-electron chi connectivity index (χ4n) is 3.16. The van der Waals surface area contributed by atoms with E-state index in [1.807, 2.05) is 24.3 Å². The summed E-state index contributed by atoms with van der Waals surface area (Å²) in [4.78, 5) is 7.03. The maximum atomic E-state index is 5.17. The number of benzene rings is 1. The lowest BCUT2D eigenvalue weighted by atomic mass is 10.0. The van der Waals surface area contributed by atoms with Gasteiger partial charge >= 0.3 is 0 Å². The van der Waals surface area contributed by atoms with Crippen LogP contribution < -0.4 is 15.0 Å². The lowest BCUT2D eigenvalue weighted by Crippen LogP contribution is -2.39. The Bertz CT molecular complexity index is 646. The third-order valence-corrected chi connectivity index (χ3v) is 4.55. The number of nitrogens with zero attached hydrogens (tertiary/aromatic N) is 4. The second-order valence-corrected chi connectivity index (χ2v) is 6.09. The number of methoxy groups -OCH3 is 1. The quantitative estimate of drug-likeness (QED) is 0.878. The van der Waals surface area contributed by atoms with Crippen molar-refractivity contribution in [2.45, 2.75) is 45.2 Å². The average Bonchev–Trinajstić information content (AvgIpc) is 2.67. The Morgan fingerprint density at radius 3 is 2.83 bits per heavy atom. The number of hydrogen-bond acceptors (Lipinski definition) is 6. The van der Waals surface area contributed by atoms with Gasteiger partial charge in [0.05, 0.1) is 13.3 Å². The molecule has 6 nitrogen and oxygen atoms in total. The molecule has 3 rings (SSSR count). The molecule has 1 saturated heterocycles. The molecule has 2 heterocycles. The molecule has 0 saturated carbocycles. The Hall–Kier alpha value is -2.37.